The summed E-state index contributed by atoms with van der Waals surface area (Å²) in [5.74, 6) is 0.140. The second-order valence-electron chi connectivity index (χ2n) is 4.76. The van der Waals surface area contributed by atoms with Gasteiger partial charge in [0.05, 0.1) is 0 Å². The summed E-state index contributed by atoms with van der Waals surface area (Å²) in [5.41, 5.74) is 1.49. The van der Waals surface area contributed by atoms with Crippen LogP contribution in [-0.4, -0.2) is 29.4 Å². The highest BCUT2D eigenvalue weighted by Crippen LogP contribution is 2.15. The van der Waals surface area contributed by atoms with E-state index in [9.17, 15) is 9.59 Å². The standard InChI is InChI=1S/C15H19N3O3/c1-3-16-15(20)10(2)17-13(19)8-9-14-18-11-6-4-5-7-12(11)21-14/h4-7,10H,3,8-9H2,1-2H3,(H,16,20)(H,17,19)/t10-/m1/s1. The minimum absolute atomic E-state index is 0.187. The van der Waals surface area contributed by atoms with Crippen molar-refractivity contribution in [2.45, 2.75) is 32.7 Å². The number of nitrogens with one attached hydrogen (secondary N) is 2. The second-order valence-corrected chi connectivity index (χ2v) is 4.76. The maximum atomic E-state index is 11.8. The van der Waals surface area contributed by atoms with Gasteiger partial charge in [0.25, 0.3) is 0 Å². The molecule has 0 aliphatic carbocycles. The Hall–Kier alpha value is -2.37. The van der Waals surface area contributed by atoms with Gasteiger partial charge in [-0.1, -0.05) is 12.1 Å². The third-order valence-corrected chi connectivity index (χ3v) is 3.03. The smallest absolute Gasteiger partial charge is 0.242 e. The first-order chi connectivity index (χ1) is 10.1. The molecule has 1 aromatic heterocycles. The molecule has 0 radical (unpaired) electrons. The van der Waals surface area contributed by atoms with Crippen molar-refractivity contribution < 1.29 is 14.0 Å². The quantitative estimate of drug-likeness (QED) is 0.842. The van der Waals surface area contributed by atoms with E-state index in [4.69, 9.17) is 4.42 Å². The van der Waals surface area contributed by atoms with Crippen molar-refractivity contribution in [3.05, 3.63) is 30.2 Å². The number of benzene rings is 1. The molecule has 0 spiro atoms. The van der Waals surface area contributed by atoms with Gasteiger partial charge >= 0.3 is 0 Å². The number of fused-ring (bicyclic) bond motifs is 1. The van der Waals surface area contributed by atoms with Crippen LogP contribution in [0.2, 0.25) is 0 Å². The Balaban J connectivity index is 1.84. The molecule has 2 N–H and O–H groups in total. The van der Waals surface area contributed by atoms with Crippen LogP contribution in [0.5, 0.6) is 0 Å². The SMILES string of the molecule is CCNC(=O)[C@@H](C)NC(=O)CCc1nc2ccccc2o1. The van der Waals surface area contributed by atoms with Crippen LogP contribution in [0.25, 0.3) is 11.1 Å². The molecule has 0 saturated heterocycles. The molecule has 1 aromatic carbocycles. The summed E-state index contributed by atoms with van der Waals surface area (Å²) >= 11 is 0. The van der Waals surface area contributed by atoms with Gasteiger partial charge in [0.2, 0.25) is 11.8 Å². The molecule has 2 amide bonds. The fraction of sp³-hybridized carbons (Fsp3) is 0.400. The van der Waals surface area contributed by atoms with Crippen molar-refractivity contribution in [1.29, 1.82) is 0 Å². The van der Waals surface area contributed by atoms with Gasteiger partial charge in [-0.2, -0.15) is 0 Å². The van der Waals surface area contributed by atoms with Gasteiger partial charge < -0.3 is 15.1 Å². The van der Waals surface area contributed by atoms with Crippen LogP contribution in [0.4, 0.5) is 0 Å². The number of carbonyl (C=O) groups is 2. The lowest BCUT2D eigenvalue weighted by Gasteiger charge is -2.12. The number of aromatic nitrogens is 1. The number of hydrogen-bond donors (Lipinski definition) is 2. The highest BCUT2D eigenvalue weighted by molar-refractivity contribution is 5.87. The molecular formula is C15H19N3O3. The van der Waals surface area contributed by atoms with Crippen LogP contribution < -0.4 is 10.6 Å². The minimum Gasteiger partial charge on any atom is -0.441 e. The molecule has 1 heterocycles. The van der Waals surface area contributed by atoms with Gasteiger partial charge in [-0.15, -0.1) is 0 Å². The fourth-order valence-electron chi connectivity index (χ4n) is 1.95. The minimum atomic E-state index is -0.541. The predicted octanol–water partition coefficient (Wildman–Crippen LogP) is 1.40. The molecule has 21 heavy (non-hydrogen) atoms. The van der Waals surface area contributed by atoms with Crippen LogP contribution in [0, 0.1) is 0 Å². The molecule has 0 aliphatic rings. The average Bonchev–Trinajstić information content (AvgIpc) is 2.88. The zero-order chi connectivity index (χ0) is 15.2. The molecule has 0 saturated carbocycles. The second kappa shape index (κ2) is 6.88. The van der Waals surface area contributed by atoms with Crippen LogP contribution in [0.1, 0.15) is 26.2 Å². The summed E-state index contributed by atoms with van der Waals surface area (Å²) in [5, 5.41) is 5.31. The number of oxazole rings is 1. The number of hydrogen-bond acceptors (Lipinski definition) is 4. The number of nitrogens with zero attached hydrogens (tertiary/aromatic N) is 1. The van der Waals surface area contributed by atoms with Crippen molar-refractivity contribution in [2.24, 2.45) is 0 Å². The van der Waals surface area contributed by atoms with Gasteiger partial charge in [0, 0.05) is 19.4 Å². The highest BCUT2D eigenvalue weighted by atomic mass is 16.3. The van der Waals surface area contributed by atoms with Gasteiger partial charge in [-0.25, -0.2) is 4.98 Å². The van der Waals surface area contributed by atoms with E-state index in [2.05, 4.69) is 15.6 Å². The third kappa shape index (κ3) is 4.05. The Morgan fingerprint density at radius 3 is 2.81 bits per heavy atom. The van der Waals surface area contributed by atoms with E-state index >= 15 is 0 Å². The lowest BCUT2D eigenvalue weighted by atomic mass is 10.2. The van der Waals surface area contributed by atoms with E-state index in [1.54, 1.807) is 6.92 Å². The zero-order valence-corrected chi connectivity index (χ0v) is 12.2. The maximum absolute atomic E-state index is 11.8. The van der Waals surface area contributed by atoms with E-state index in [1.807, 2.05) is 31.2 Å². The number of rotatable bonds is 6. The first-order valence-corrected chi connectivity index (χ1v) is 7.01. The van der Waals surface area contributed by atoms with Gasteiger partial charge in [-0.3, -0.25) is 9.59 Å². The van der Waals surface area contributed by atoms with Crippen molar-refractivity contribution in [1.82, 2.24) is 15.6 Å². The number of aryl methyl sites for hydroxylation is 1. The molecule has 0 unspecified atom stereocenters. The Morgan fingerprint density at radius 2 is 2.10 bits per heavy atom. The fourth-order valence-corrected chi connectivity index (χ4v) is 1.95. The van der Waals surface area contributed by atoms with Crippen molar-refractivity contribution in [2.75, 3.05) is 6.54 Å². The van der Waals surface area contributed by atoms with Crippen LogP contribution >= 0.6 is 0 Å². The molecule has 0 fully saturated rings. The molecule has 6 heteroatoms. The number of likely N-dealkylation sites (N-methyl/N-ethyl adjacent to an activating group) is 1. The van der Waals surface area contributed by atoms with E-state index in [0.29, 0.717) is 24.4 Å². The van der Waals surface area contributed by atoms with Crippen LogP contribution in [0.3, 0.4) is 0 Å². The monoisotopic (exact) mass is 289 g/mol. The van der Waals surface area contributed by atoms with E-state index in [0.717, 1.165) is 5.52 Å². The Kier molecular flexibility index (Phi) is 4.92. The van der Waals surface area contributed by atoms with E-state index in [-0.39, 0.29) is 18.2 Å². The Bertz CT molecular complexity index is 603. The highest BCUT2D eigenvalue weighted by Gasteiger charge is 2.15. The molecule has 0 bridgehead atoms. The summed E-state index contributed by atoms with van der Waals surface area (Å²) in [4.78, 5) is 27.6. The number of carbonyl (C=O) groups excluding carboxylic acids is 2. The zero-order valence-electron chi connectivity index (χ0n) is 12.2. The molecule has 0 aliphatic heterocycles. The summed E-state index contributed by atoms with van der Waals surface area (Å²) in [7, 11) is 0. The predicted molar refractivity (Wildman–Crippen MR) is 78.6 cm³/mol. The third-order valence-electron chi connectivity index (χ3n) is 3.03. The normalized spacial score (nSPS) is 12.1. The van der Waals surface area contributed by atoms with E-state index in [1.165, 1.54) is 0 Å². The summed E-state index contributed by atoms with van der Waals surface area (Å²) < 4.78 is 5.54. The van der Waals surface area contributed by atoms with Gasteiger partial charge in [0.15, 0.2) is 11.5 Å². The lowest BCUT2D eigenvalue weighted by molar-refractivity contribution is -0.128. The van der Waals surface area contributed by atoms with Gasteiger partial charge in [-0.05, 0) is 26.0 Å². The molecule has 2 rings (SSSR count). The Labute approximate surface area is 122 Å². The average molecular weight is 289 g/mol. The molecule has 6 nitrogen and oxygen atoms in total. The summed E-state index contributed by atoms with van der Waals surface area (Å²) in [6, 6.07) is 6.91. The van der Waals surface area contributed by atoms with Crippen LogP contribution in [0.15, 0.2) is 28.7 Å². The number of para-hydroxylation sites is 2. The van der Waals surface area contributed by atoms with Crippen molar-refractivity contribution >= 4 is 22.9 Å². The summed E-state index contributed by atoms with van der Waals surface area (Å²) in [6.07, 6.45) is 0.638. The Morgan fingerprint density at radius 1 is 1.33 bits per heavy atom. The molecule has 112 valence electrons. The first kappa shape index (κ1) is 15.0. The lowest BCUT2D eigenvalue weighted by Crippen LogP contribution is -2.44. The van der Waals surface area contributed by atoms with Crippen molar-refractivity contribution in [3.8, 4) is 0 Å². The van der Waals surface area contributed by atoms with Crippen LogP contribution in [-0.2, 0) is 16.0 Å². The van der Waals surface area contributed by atoms with Crippen molar-refractivity contribution in [3.63, 3.8) is 0 Å². The maximum Gasteiger partial charge on any atom is 0.242 e. The topological polar surface area (TPSA) is 84.2 Å². The number of amides is 2. The molecular weight excluding hydrogens is 270 g/mol. The van der Waals surface area contributed by atoms with Gasteiger partial charge in [0.1, 0.15) is 11.6 Å². The van der Waals surface area contributed by atoms with E-state index < -0.39 is 6.04 Å². The summed E-state index contributed by atoms with van der Waals surface area (Å²) in [6.45, 7) is 4.03. The molecule has 1 atom stereocenters. The largest absolute Gasteiger partial charge is 0.441 e. The molecule has 2 aromatic rings. The first-order valence-electron chi connectivity index (χ1n) is 7.01.